The topological polar surface area (TPSA) is 74.6 Å². The number of phenolic OH excluding ortho intramolecular Hbond substituents is 1. The fourth-order valence-electron chi connectivity index (χ4n) is 1.58. The predicted octanol–water partition coefficient (Wildman–Crippen LogP) is 2.70. The summed E-state index contributed by atoms with van der Waals surface area (Å²) in [6.07, 6.45) is 3.04. The number of rotatable bonds is 3. The van der Waals surface area contributed by atoms with Crippen LogP contribution in [0.2, 0.25) is 0 Å². The average molecular weight is 334 g/mol. The number of benzene rings is 1. The number of halogens is 1. The fraction of sp³-hybridized carbons (Fsp3) is 0.0714. The van der Waals surface area contributed by atoms with Gasteiger partial charge in [-0.3, -0.25) is 9.78 Å². The Morgan fingerprint density at radius 1 is 1.35 bits per heavy atom. The van der Waals surface area contributed by atoms with E-state index >= 15 is 0 Å². The van der Waals surface area contributed by atoms with Gasteiger partial charge in [-0.25, -0.2) is 5.43 Å². The molecule has 1 amide bonds. The molecule has 20 heavy (non-hydrogen) atoms. The highest BCUT2D eigenvalue weighted by atomic mass is 79.9. The molecular formula is C14H12BrN3O2. The average Bonchev–Trinajstić information content (AvgIpc) is 2.45. The third kappa shape index (κ3) is 3.42. The Bertz CT molecular complexity index is 671. The summed E-state index contributed by atoms with van der Waals surface area (Å²) >= 11 is 3.25. The molecule has 0 saturated carbocycles. The zero-order valence-corrected chi connectivity index (χ0v) is 12.3. The molecule has 1 aromatic carbocycles. The maximum atomic E-state index is 11.9. The van der Waals surface area contributed by atoms with Gasteiger partial charge < -0.3 is 5.11 Å². The van der Waals surface area contributed by atoms with Crippen LogP contribution in [0.3, 0.4) is 0 Å². The zero-order valence-electron chi connectivity index (χ0n) is 10.7. The predicted molar refractivity (Wildman–Crippen MR) is 79.7 cm³/mol. The molecule has 2 rings (SSSR count). The number of carbonyl (C=O) groups excluding carboxylic acids is 1. The number of carbonyl (C=O) groups is 1. The molecule has 5 nitrogen and oxygen atoms in total. The van der Waals surface area contributed by atoms with Crippen molar-refractivity contribution >= 4 is 27.5 Å². The molecule has 0 bridgehead atoms. The van der Waals surface area contributed by atoms with Gasteiger partial charge in [-0.05, 0) is 41.1 Å². The first kappa shape index (κ1) is 14.2. The number of aromatic hydroxyl groups is 1. The number of nitrogens with one attached hydrogen (secondary N) is 1. The van der Waals surface area contributed by atoms with Crippen molar-refractivity contribution in [3.05, 3.63) is 58.3 Å². The Morgan fingerprint density at radius 3 is 2.80 bits per heavy atom. The largest absolute Gasteiger partial charge is 0.507 e. The van der Waals surface area contributed by atoms with E-state index in [-0.39, 0.29) is 11.7 Å². The van der Waals surface area contributed by atoms with Crippen molar-refractivity contribution in [2.24, 2.45) is 5.10 Å². The number of amides is 1. The third-order valence-electron chi connectivity index (χ3n) is 2.59. The summed E-state index contributed by atoms with van der Waals surface area (Å²) < 4.78 is 0.714. The lowest BCUT2D eigenvalue weighted by atomic mass is 10.1. The molecule has 6 heteroatoms. The highest BCUT2D eigenvalue weighted by molar-refractivity contribution is 9.10. The second kappa shape index (κ2) is 6.29. The lowest BCUT2D eigenvalue weighted by Gasteiger charge is -2.04. The minimum absolute atomic E-state index is 0.118. The SMILES string of the molecule is C/C(=N/NC(=O)c1cncc(Br)c1)c1ccccc1O. The second-order valence-electron chi connectivity index (χ2n) is 4.05. The van der Waals surface area contributed by atoms with E-state index in [1.54, 1.807) is 43.5 Å². The second-order valence-corrected chi connectivity index (χ2v) is 4.96. The number of aromatic nitrogens is 1. The molecule has 0 radical (unpaired) electrons. The van der Waals surface area contributed by atoms with Gasteiger partial charge in [-0.1, -0.05) is 12.1 Å². The number of hydrogen-bond donors (Lipinski definition) is 2. The maximum absolute atomic E-state index is 11.9. The summed E-state index contributed by atoms with van der Waals surface area (Å²) in [4.78, 5) is 15.8. The van der Waals surface area contributed by atoms with E-state index in [1.165, 1.54) is 6.20 Å². The first-order chi connectivity index (χ1) is 9.58. The van der Waals surface area contributed by atoms with Crippen LogP contribution in [0.15, 0.2) is 52.3 Å². The number of nitrogens with zero attached hydrogens (tertiary/aromatic N) is 2. The Morgan fingerprint density at radius 2 is 2.10 bits per heavy atom. The van der Waals surface area contributed by atoms with Gasteiger partial charge in [0, 0.05) is 22.4 Å². The zero-order chi connectivity index (χ0) is 14.5. The molecule has 0 aliphatic rings. The minimum atomic E-state index is -0.367. The van der Waals surface area contributed by atoms with Crippen LogP contribution in [0.4, 0.5) is 0 Å². The van der Waals surface area contributed by atoms with Crippen LogP contribution in [0.1, 0.15) is 22.8 Å². The molecule has 0 aliphatic carbocycles. The number of hydrogen-bond acceptors (Lipinski definition) is 4. The van der Waals surface area contributed by atoms with Gasteiger partial charge in [0.15, 0.2) is 0 Å². The van der Waals surface area contributed by atoms with Gasteiger partial charge >= 0.3 is 0 Å². The maximum Gasteiger partial charge on any atom is 0.272 e. The normalized spacial score (nSPS) is 11.2. The molecule has 0 fully saturated rings. The van der Waals surface area contributed by atoms with E-state index in [9.17, 15) is 9.90 Å². The highest BCUT2D eigenvalue weighted by Gasteiger charge is 2.07. The van der Waals surface area contributed by atoms with Crippen LogP contribution in [0, 0.1) is 0 Å². The summed E-state index contributed by atoms with van der Waals surface area (Å²) in [7, 11) is 0. The van der Waals surface area contributed by atoms with E-state index < -0.39 is 0 Å². The number of pyridine rings is 1. The first-order valence-electron chi connectivity index (χ1n) is 5.81. The van der Waals surface area contributed by atoms with Crippen molar-refractivity contribution in [3.8, 4) is 5.75 Å². The molecule has 0 saturated heterocycles. The van der Waals surface area contributed by atoms with Crippen LogP contribution in [-0.4, -0.2) is 21.7 Å². The lowest BCUT2D eigenvalue weighted by Crippen LogP contribution is -2.19. The first-order valence-corrected chi connectivity index (χ1v) is 6.61. The van der Waals surface area contributed by atoms with E-state index in [2.05, 4.69) is 31.4 Å². The number of hydrazone groups is 1. The van der Waals surface area contributed by atoms with Gasteiger partial charge in [0.25, 0.3) is 5.91 Å². The van der Waals surface area contributed by atoms with Gasteiger partial charge in [0.2, 0.25) is 0 Å². The van der Waals surface area contributed by atoms with Crippen molar-refractivity contribution in [3.63, 3.8) is 0 Å². The van der Waals surface area contributed by atoms with Gasteiger partial charge in [0.05, 0.1) is 11.3 Å². The molecule has 1 heterocycles. The molecule has 0 spiro atoms. The third-order valence-corrected chi connectivity index (χ3v) is 3.02. The van der Waals surface area contributed by atoms with Crippen molar-refractivity contribution < 1.29 is 9.90 Å². The van der Waals surface area contributed by atoms with E-state index in [0.717, 1.165) is 0 Å². The van der Waals surface area contributed by atoms with E-state index in [0.29, 0.717) is 21.3 Å². The van der Waals surface area contributed by atoms with Crippen LogP contribution < -0.4 is 5.43 Å². The standard InChI is InChI=1S/C14H12BrN3O2/c1-9(12-4-2-3-5-13(12)19)17-18-14(20)10-6-11(15)8-16-7-10/h2-8,19H,1H3,(H,18,20)/b17-9-. The van der Waals surface area contributed by atoms with Crippen molar-refractivity contribution in [1.29, 1.82) is 0 Å². The van der Waals surface area contributed by atoms with E-state index in [4.69, 9.17) is 0 Å². The molecule has 1 aromatic heterocycles. The molecule has 102 valence electrons. The van der Waals surface area contributed by atoms with Gasteiger partial charge in [0.1, 0.15) is 5.75 Å². The summed E-state index contributed by atoms with van der Waals surface area (Å²) in [5.41, 5.74) is 3.91. The summed E-state index contributed by atoms with van der Waals surface area (Å²) in [5, 5.41) is 13.7. The van der Waals surface area contributed by atoms with Gasteiger partial charge in [-0.15, -0.1) is 0 Å². The fourth-order valence-corrected chi connectivity index (χ4v) is 1.94. The molecule has 0 aliphatic heterocycles. The molecule has 0 unspecified atom stereocenters. The monoisotopic (exact) mass is 333 g/mol. The smallest absolute Gasteiger partial charge is 0.272 e. The number of para-hydroxylation sites is 1. The van der Waals surface area contributed by atoms with Crippen molar-refractivity contribution in [2.45, 2.75) is 6.92 Å². The Kier molecular flexibility index (Phi) is 4.47. The van der Waals surface area contributed by atoms with Crippen LogP contribution in [0.5, 0.6) is 5.75 Å². The minimum Gasteiger partial charge on any atom is -0.507 e. The van der Waals surface area contributed by atoms with Crippen molar-refractivity contribution in [1.82, 2.24) is 10.4 Å². The summed E-state index contributed by atoms with van der Waals surface area (Å²) in [6.45, 7) is 1.70. The highest BCUT2D eigenvalue weighted by Crippen LogP contribution is 2.16. The number of phenols is 1. The molecule has 2 aromatic rings. The Balaban J connectivity index is 2.13. The van der Waals surface area contributed by atoms with Crippen molar-refractivity contribution in [2.75, 3.05) is 0 Å². The van der Waals surface area contributed by atoms with E-state index in [1.807, 2.05) is 0 Å². The summed E-state index contributed by atoms with van der Waals surface area (Å²) in [6, 6.07) is 8.44. The lowest BCUT2D eigenvalue weighted by molar-refractivity contribution is 0.0954. The molecule has 0 atom stereocenters. The Hall–Kier alpha value is -2.21. The van der Waals surface area contributed by atoms with Gasteiger partial charge in [-0.2, -0.15) is 5.10 Å². The molecule has 2 N–H and O–H groups in total. The Labute approximate surface area is 124 Å². The quantitative estimate of drug-likeness (QED) is 0.669. The van der Waals surface area contributed by atoms with Crippen LogP contribution in [0.25, 0.3) is 0 Å². The van der Waals surface area contributed by atoms with Crippen LogP contribution >= 0.6 is 15.9 Å². The molecular weight excluding hydrogens is 322 g/mol. The summed E-state index contributed by atoms with van der Waals surface area (Å²) in [5.74, 6) is -0.249. The van der Waals surface area contributed by atoms with Crippen LogP contribution in [-0.2, 0) is 0 Å².